The SMILES string of the molecule is O=C(CC1CCCOC1)NCC1CCN(C(=O)Cn2ccc(=O)cc2)CC1. The van der Waals surface area contributed by atoms with Crippen molar-refractivity contribution in [1.82, 2.24) is 14.8 Å². The summed E-state index contributed by atoms with van der Waals surface area (Å²) >= 11 is 0. The standard InChI is InChI=1S/C20H29N3O4/c24-18-5-7-22(8-6-18)14-20(26)23-9-3-16(4-10-23)13-21-19(25)12-17-2-1-11-27-15-17/h5-8,16-17H,1-4,9-15H2,(H,21,25). The Morgan fingerprint density at radius 1 is 1.11 bits per heavy atom. The highest BCUT2D eigenvalue weighted by atomic mass is 16.5. The van der Waals surface area contributed by atoms with Crippen LogP contribution in [-0.4, -0.2) is 54.1 Å². The minimum atomic E-state index is -0.0578. The van der Waals surface area contributed by atoms with Gasteiger partial charge in [-0.05, 0) is 37.5 Å². The third-order valence-corrected chi connectivity index (χ3v) is 5.46. The van der Waals surface area contributed by atoms with E-state index in [1.807, 2.05) is 4.90 Å². The highest BCUT2D eigenvalue weighted by Crippen LogP contribution is 2.19. The summed E-state index contributed by atoms with van der Waals surface area (Å²) in [5.74, 6) is 0.958. The van der Waals surface area contributed by atoms with Crippen molar-refractivity contribution in [1.29, 1.82) is 0 Å². The van der Waals surface area contributed by atoms with Crippen molar-refractivity contribution in [2.24, 2.45) is 11.8 Å². The molecule has 0 bridgehead atoms. The first-order valence-corrected chi connectivity index (χ1v) is 9.88. The molecule has 1 aromatic rings. The molecule has 1 aromatic heterocycles. The Kier molecular flexibility index (Phi) is 7.04. The fourth-order valence-corrected chi connectivity index (χ4v) is 3.75. The van der Waals surface area contributed by atoms with Crippen LogP contribution >= 0.6 is 0 Å². The van der Waals surface area contributed by atoms with E-state index >= 15 is 0 Å². The second kappa shape index (κ2) is 9.69. The highest BCUT2D eigenvalue weighted by Gasteiger charge is 2.24. The number of pyridine rings is 1. The molecule has 2 amide bonds. The number of carbonyl (C=O) groups is 2. The second-order valence-corrected chi connectivity index (χ2v) is 7.62. The highest BCUT2D eigenvalue weighted by molar-refractivity contribution is 5.76. The largest absolute Gasteiger partial charge is 0.381 e. The maximum atomic E-state index is 12.4. The Morgan fingerprint density at radius 3 is 2.52 bits per heavy atom. The van der Waals surface area contributed by atoms with Crippen LogP contribution in [0.15, 0.2) is 29.3 Å². The van der Waals surface area contributed by atoms with Crippen LogP contribution in [0.5, 0.6) is 0 Å². The summed E-state index contributed by atoms with van der Waals surface area (Å²) in [4.78, 5) is 37.5. The molecule has 0 saturated carbocycles. The van der Waals surface area contributed by atoms with E-state index in [1.54, 1.807) is 17.0 Å². The van der Waals surface area contributed by atoms with E-state index in [2.05, 4.69) is 5.32 Å². The lowest BCUT2D eigenvalue weighted by Gasteiger charge is -2.32. The van der Waals surface area contributed by atoms with Crippen LogP contribution in [-0.2, 0) is 20.9 Å². The van der Waals surface area contributed by atoms with Crippen LogP contribution in [0.2, 0.25) is 0 Å². The van der Waals surface area contributed by atoms with Gasteiger partial charge in [-0.15, -0.1) is 0 Å². The normalized spacial score (nSPS) is 21.0. The van der Waals surface area contributed by atoms with Gasteiger partial charge in [-0.3, -0.25) is 14.4 Å². The number of ether oxygens (including phenoxy) is 1. The van der Waals surface area contributed by atoms with Crippen molar-refractivity contribution >= 4 is 11.8 Å². The molecule has 7 nitrogen and oxygen atoms in total. The number of piperidine rings is 1. The quantitative estimate of drug-likeness (QED) is 0.805. The maximum absolute atomic E-state index is 12.4. The van der Waals surface area contributed by atoms with E-state index in [-0.39, 0.29) is 23.8 Å². The zero-order valence-corrected chi connectivity index (χ0v) is 15.8. The third-order valence-electron chi connectivity index (χ3n) is 5.46. The molecule has 2 fully saturated rings. The second-order valence-electron chi connectivity index (χ2n) is 7.62. The lowest BCUT2D eigenvalue weighted by Crippen LogP contribution is -2.43. The molecule has 2 saturated heterocycles. The van der Waals surface area contributed by atoms with Gasteiger partial charge in [0.2, 0.25) is 11.8 Å². The molecule has 0 aromatic carbocycles. The smallest absolute Gasteiger partial charge is 0.242 e. The number of hydrogen-bond acceptors (Lipinski definition) is 4. The Hall–Kier alpha value is -2.15. The molecule has 0 spiro atoms. The average Bonchev–Trinajstić information content (AvgIpc) is 2.69. The lowest BCUT2D eigenvalue weighted by molar-refractivity contribution is -0.133. The first-order chi connectivity index (χ1) is 13.1. The number of hydrogen-bond donors (Lipinski definition) is 1. The number of carbonyl (C=O) groups excluding carboxylic acids is 2. The fourth-order valence-electron chi connectivity index (χ4n) is 3.75. The van der Waals surface area contributed by atoms with Crippen LogP contribution in [0.25, 0.3) is 0 Å². The molecule has 2 aliphatic heterocycles. The number of aromatic nitrogens is 1. The topological polar surface area (TPSA) is 80.6 Å². The number of rotatable bonds is 6. The number of amides is 2. The predicted octanol–water partition coefficient (Wildman–Crippen LogP) is 1.02. The molecule has 3 heterocycles. The van der Waals surface area contributed by atoms with Gasteiger partial charge < -0.3 is 19.5 Å². The maximum Gasteiger partial charge on any atom is 0.242 e. The van der Waals surface area contributed by atoms with Gasteiger partial charge in [-0.2, -0.15) is 0 Å². The Morgan fingerprint density at radius 2 is 1.85 bits per heavy atom. The van der Waals surface area contributed by atoms with Gasteiger partial charge in [0.05, 0.1) is 0 Å². The van der Waals surface area contributed by atoms with Gasteiger partial charge in [0.1, 0.15) is 6.54 Å². The summed E-state index contributed by atoms with van der Waals surface area (Å²) < 4.78 is 7.15. The Balaban J connectivity index is 1.34. The summed E-state index contributed by atoms with van der Waals surface area (Å²) in [6, 6.07) is 2.92. The number of nitrogens with zero attached hydrogens (tertiary/aromatic N) is 2. The fraction of sp³-hybridized carbons (Fsp3) is 0.650. The van der Waals surface area contributed by atoms with Crippen LogP contribution in [0.3, 0.4) is 0 Å². The molecule has 2 aliphatic rings. The predicted molar refractivity (Wildman–Crippen MR) is 101 cm³/mol. The van der Waals surface area contributed by atoms with E-state index in [1.165, 1.54) is 12.1 Å². The molecule has 0 aliphatic carbocycles. The average molecular weight is 375 g/mol. The van der Waals surface area contributed by atoms with Crippen molar-refractivity contribution in [3.05, 3.63) is 34.7 Å². The number of nitrogens with one attached hydrogen (secondary N) is 1. The monoisotopic (exact) mass is 375 g/mol. The summed E-state index contributed by atoms with van der Waals surface area (Å²) in [5.41, 5.74) is -0.0578. The molecular formula is C20H29N3O4. The van der Waals surface area contributed by atoms with Gasteiger partial charge >= 0.3 is 0 Å². The molecule has 1 atom stereocenters. The van der Waals surface area contributed by atoms with Gasteiger partial charge in [-0.25, -0.2) is 0 Å². The zero-order valence-electron chi connectivity index (χ0n) is 15.8. The minimum absolute atomic E-state index is 0.0578. The molecule has 1 N–H and O–H groups in total. The summed E-state index contributed by atoms with van der Waals surface area (Å²) in [6.07, 6.45) is 7.76. The minimum Gasteiger partial charge on any atom is -0.381 e. The van der Waals surface area contributed by atoms with Crippen LogP contribution in [0, 0.1) is 11.8 Å². The molecule has 27 heavy (non-hydrogen) atoms. The summed E-state index contributed by atoms with van der Waals surface area (Å²) in [6.45, 7) is 3.90. The first kappa shape index (κ1) is 19.6. The van der Waals surface area contributed by atoms with Gasteiger partial charge in [0, 0.05) is 63.8 Å². The van der Waals surface area contributed by atoms with Gasteiger partial charge in [0.25, 0.3) is 0 Å². The number of likely N-dealkylation sites (tertiary alicyclic amines) is 1. The van der Waals surface area contributed by atoms with Crippen molar-refractivity contribution < 1.29 is 14.3 Å². The molecule has 148 valence electrons. The van der Waals surface area contributed by atoms with E-state index in [0.717, 1.165) is 45.4 Å². The van der Waals surface area contributed by atoms with Crippen molar-refractivity contribution in [2.75, 3.05) is 32.8 Å². The van der Waals surface area contributed by atoms with E-state index in [9.17, 15) is 14.4 Å². The zero-order chi connectivity index (χ0) is 19.1. The van der Waals surface area contributed by atoms with Crippen LogP contribution in [0.1, 0.15) is 32.1 Å². The Labute approximate surface area is 159 Å². The molecule has 3 rings (SSSR count). The third kappa shape index (κ3) is 6.20. The van der Waals surface area contributed by atoms with Crippen LogP contribution in [0.4, 0.5) is 0 Å². The van der Waals surface area contributed by atoms with E-state index in [4.69, 9.17) is 4.74 Å². The Bertz CT molecular complexity index is 668. The van der Waals surface area contributed by atoms with Crippen molar-refractivity contribution in [3.63, 3.8) is 0 Å². The molecule has 0 radical (unpaired) electrons. The lowest BCUT2D eigenvalue weighted by atomic mass is 9.95. The van der Waals surface area contributed by atoms with Crippen molar-refractivity contribution in [2.45, 2.75) is 38.6 Å². The van der Waals surface area contributed by atoms with Crippen LogP contribution < -0.4 is 10.7 Å². The van der Waals surface area contributed by atoms with Crippen molar-refractivity contribution in [3.8, 4) is 0 Å². The molecule has 1 unspecified atom stereocenters. The van der Waals surface area contributed by atoms with E-state index in [0.29, 0.717) is 31.4 Å². The van der Waals surface area contributed by atoms with E-state index < -0.39 is 0 Å². The van der Waals surface area contributed by atoms with Gasteiger partial charge in [0.15, 0.2) is 5.43 Å². The molecule has 7 heteroatoms. The van der Waals surface area contributed by atoms with Gasteiger partial charge in [-0.1, -0.05) is 0 Å². The summed E-state index contributed by atoms with van der Waals surface area (Å²) in [7, 11) is 0. The first-order valence-electron chi connectivity index (χ1n) is 9.88. The molecular weight excluding hydrogens is 346 g/mol. The summed E-state index contributed by atoms with van der Waals surface area (Å²) in [5, 5.41) is 3.06.